The Hall–Kier alpha value is -2.26. The van der Waals surface area contributed by atoms with Crippen molar-refractivity contribution in [1.29, 1.82) is 0 Å². The van der Waals surface area contributed by atoms with Crippen molar-refractivity contribution in [3.8, 4) is 0 Å². The van der Waals surface area contributed by atoms with Crippen molar-refractivity contribution in [1.82, 2.24) is 4.90 Å². The largest absolute Gasteiger partial charge is 0.379 e. The lowest BCUT2D eigenvalue weighted by molar-refractivity contribution is 0.0342. The first-order valence-electron chi connectivity index (χ1n) is 8.20. The second kappa shape index (κ2) is 7.96. The molecule has 0 saturated carbocycles. The summed E-state index contributed by atoms with van der Waals surface area (Å²) in [5, 5.41) is 2.55. The number of para-hydroxylation sites is 1. The molecule has 1 fully saturated rings. The number of morpholine rings is 1. The number of amides is 1. The van der Waals surface area contributed by atoms with Crippen LogP contribution in [0.3, 0.4) is 0 Å². The highest BCUT2D eigenvalue weighted by Gasteiger charge is 2.17. The third-order valence-electron chi connectivity index (χ3n) is 4.11. The SMILES string of the molecule is O=C(Nc1ccccc1S(=O)(=O)O)c1cccc(CN2CCOCC2)c1. The smallest absolute Gasteiger partial charge is 0.296 e. The maximum atomic E-state index is 12.5. The van der Waals surface area contributed by atoms with Crippen molar-refractivity contribution in [2.45, 2.75) is 11.4 Å². The van der Waals surface area contributed by atoms with E-state index in [0.29, 0.717) is 25.3 Å². The summed E-state index contributed by atoms with van der Waals surface area (Å²) in [7, 11) is -4.42. The Morgan fingerprint density at radius 1 is 1.12 bits per heavy atom. The number of anilines is 1. The van der Waals surface area contributed by atoms with Gasteiger partial charge in [0.2, 0.25) is 0 Å². The van der Waals surface area contributed by atoms with E-state index < -0.39 is 16.0 Å². The van der Waals surface area contributed by atoms with Crippen LogP contribution in [0.4, 0.5) is 5.69 Å². The van der Waals surface area contributed by atoms with E-state index in [9.17, 15) is 17.8 Å². The molecule has 26 heavy (non-hydrogen) atoms. The van der Waals surface area contributed by atoms with Crippen LogP contribution < -0.4 is 5.32 Å². The first-order valence-corrected chi connectivity index (χ1v) is 9.64. The quantitative estimate of drug-likeness (QED) is 0.775. The molecular formula is C18H20N2O5S. The lowest BCUT2D eigenvalue weighted by Gasteiger charge is -2.26. The van der Waals surface area contributed by atoms with Crippen molar-refractivity contribution in [2.24, 2.45) is 0 Å². The number of nitrogens with one attached hydrogen (secondary N) is 1. The van der Waals surface area contributed by atoms with Crippen LogP contribution in [0, 0.1) is 0 Å². The van der Waals surface area contributed by atoms with Crippen LogP contribution in [0.25, 0.3) is 0 Å². The fraction of sp³-hybridized carbons (Fsp3) is 0.278. The Bertz CT molecular complexity index is 892. The van der Waals surface area contributed by atoms with Crippen LogP contribution in [0.15, 0.2) is 53.4 Å². The fourth-order valence-corrected chi connectivity index (χ4v) is 3.47. The van der Waals surface area contributed by atoms with Gasteiger partial charge in [-0.3, -0.25) is 14.2 Å². The van der Waals surface area contributed by atoms with Gasteiger partial charge in [-0.2, -0.15) is 8.42 Å². The number of hydrogen-bond acceptors (Lipinski definition) is 5. The van der Waals surface area contributed by atoms with Gasteiger partial charge in [0.25, 0.3) is 16.0 Å². The van der Waals surface area contributed by atoms with Crippen LogP contribution in [0.1, 0.15) is 15.9 Å². The molecule has 0 aromatic heterocycles. The van der Waals surface area contributed by atoms with Gasteiger partial charge in [0.05, 0.1) is 18.9 Å². The molecule has 0 atom stereocenters. The molecule has 7 nitrogen and oxygen atoms in total. The van der Waals surface area contributed by atoms with E-state index in [1.807, 2.05) is 6.07 Å². The van der Waals surface area contributed by atoms with Crippen molar-refractivity contribution >= 4 is 21.7 Å². The van der Waals surface area contributed by atoms with Gasteiger partial charge in [0.1, 0.15) is 4.90 Å². The molecule has 0 aliphatic carbocycles. The number of hydrogen-bond donors (Lipinski definition) is 2. The lowest BCUT2D eigenvalue weighted by Crippen LogP contribution is -2.35. The number of carbonyl (C=O) groups excluding carboxylic acids is 1. The number of ether oxygens (including phenoxy) is 1. The maximum absolute atomic E-state index is 12.5. The van der Waals surface area contributed by atoms with E-state index in [2.05, 4.69) is 10.2 Å². The first kappa shape index (κ1) is 18.5. The second-order valence-electron chi connectivity index (χ2n) is 6.01. The van der Waals surface area contributed by atoms with E-state index >= 15 is 0 Å². The van der Waals surface area contributed by atoms with Crippen LogP contribution in [0.5, 0.6) is 0 Å². The molecular weight excluding hydrogens is 356 g/mol. The average molecular weight is 376 g/mol. The molecule has 1 amide bonds. The molecule has 1 heterocycles. The summed E-state index contributed by atoms with van der Waals surface area (Å²) in [5.41, 5.74) is 1.45. The van der Waals surface area contributed by atoms with Gasteiger partial charge >= 0.3 is 0 Å². The monoisotopic (exact) mass is 376 g/mol. The van der Waals surface area contributed by atoms with E-state index in [-0.39, 0.29) is 10.6 Å². The Labute approximate surface area is 152 Å². The molecule has 1 aliphatic heterocycles. The standard InChI is InChI=1S/C18H20N2O5S/c21-18(19-16-6-1-2-7-17(16)26(22,23)24)15-5-3-4-14(12-15)13-20-8-10-25-11-9-20/h1-7,12H,8-11,13H2,(H,19,21)(H,22,23,24). The Morgan fingerprint density at radius 3 is 2.58 bits per heavy atom. The summed E-state index contributed by atoms with van der Waals surface area (Å²) in [6, 6.07) is 12.9. The van der Waals surface area contributed by atoms with E-state index in [1.54, 1.807) is 24.3 Å². The highest BCUT2D eigenvalue weighted by molar-refractivity contribution is 7.86. The van der Waals surface area contributed by atoms with Crippen molar-refractivity contribution in [3.63, 3.8) is 0 Å². The highest BCUT2D eigenvalue weighted by atomic mass is 32.2. The molecule has 2 aromatic carbocycles. The second-order valence-corrected chi connectivity index (χ2v) is 7.40. The molecule has 0 spiro atoms. The normalized spacial score (nSPS) is 15.6. The number of rotatable bonds is 5. The maximum Gasteiger partial charge on any atom is 0.296 e. The summed E-state index contributed by atoms with van der Waals surface area (Å²) < 4.78 is 37.5. The number of benzene rings is 2. The average Bonchev–Trinajstić information content (AvgIpc) is 2.62. The molecule has 0 radical (unpaired) electrons. The third kappa shape index (κ3) is 4.67. The van der Waals surface area contributed by atoms with Crippen LogP contribution in [0.2, 0.25) is 0 Å². The zero-order valence-corrected chi connectivity index (χ0v) is 14.9. The van der Waals surface area contributed by atoms with Crippen molar-refractivity contribution in [3.05, 3.63) is 59.7 Å². The van der Waals surface area contributed by atoms with Gasteiger partial charge in [0.15, 0.2) is 0 Å². The van der Waals surface area contributed by atoms with Gasteiger partial charge in [-0.25, -0.2) is 0 Å². The Balaban J connectivity index is 1.76. The Kier molecular flexibility index (Phi) is 5.67. The summed E-state index contributed by atoms with van der Waals surface area (Å²) in [4.78, 5) is 14.4. The lowest BCUT2D eigenvalue weighted by atomic mass is 10.1. The molecule has 0 bridgehead atoms. The van der Waals surface area contributed by atoms with Gasteiger partial charge in [-0.15, -0.1) is 0 Å². The van der Waals surface area contributed by atoms with Crippen molar-refractivity contribution < 1.29 is 22.5 Å². The first-order chi connectivity index (χ1) is 12.4. The van der Waals surface area contributed by atoms with Gasteiger partial charge < -0.3 is 10.1 Å². The predicted octanol–water partition coefficient (Wildman–Crippen LogP) is 2.02. The molecule has 1 aliphatic rings. The Morgan fingerprint density at radius 2 is 1.85 bits per heavy atom. The van der Waals surface area contributed by atoms with E-state index in [1.165, 1.54) is 18.2 Å². The van der Waals surface area contributed by atoms with E-state index in [4.69, 9.17) is 4.74 Å². The van der Waals surface area contributed by atoms with Gasteiger partial charge in [-0.05, 0) is 29.8 Å². The minimum absolute atomic E-state index is 0.0404. The van der Waals surface area contributed by atoms with Crippen molar-refractivity contribution in [2.75, 3.05) is 31.6 Å². The van der Waals surface area contributed by atoms with Crippen LogP contribution >= 0.6 is 0 Å². The molecule has 3 rings (SSSR count). The molecule has 8 heteroatoms. The topological polar surface area (TPSA) is 95.9 Å². The number of nitrogens with zero attached hydrogens (tertiary/aromatic N) is 1. The van der Waals surface area contributed by atoms with Crippen LogP contribution in [-0.4, -0.2) is 50.1 Å². The van der Waals surface area contributed by atoms with E-state index in [0.717, 1.165) is 18.7 Å². The van der Waals surface area contributed by atoms with Gasteiger partial charge in [-0.1, -0.05) is 24.3 Å². The zero-order valence-electron chi connectivity index (χ0n) is 14.1. The minimum atomic E-state index is -4.42. The molecule has 138 valence electrons. The summed E-state index contributed by atoms with van der Waals surface area (Å²) in [5.74, 6) is -0.440. The summed E-state index contributed by atoms with van der Waals surface area (Å²) in [6.45, 7) is 3.81. The highest BCUT2D eigenvalue weighted by Crippen LogP contribution is 2.21. The minimum Gasteiger partial charge on any atom is -0.379 e. The summed E-state index contributed by atoms with van der Waals surface area (Å²) >= 11 is 0. The molecule has 2 N–H and O–H groups in total. The molecule has 2 aromatic rings. The van der Waals surface area contributed by atoms with Gasteiger partial charge in [0, 0.05) is 25.2 Å². The summed E-state index contributed by atoms with van der Waals surface area (Å²) in [6.07, 6.45) is 0. The predicted molar refractivity (Wildman–Crippen MR) is 96.7 cm³/mol. The zero-order chi connectivity index (χ0) is 18.6. The number of carbonyl (C=O) groups is 1. The fourth-order valence-electron chi connectivity index (χ4n) is 2.82. The van der Waals surface area contributed by atoms with Crippen LogP contribution in [-0.2, 0) is 21.4 Å². The third-order valence-corrected chi connectivity index (χ3v) is 5.02. The molecule has 1 saturated heterocycles. The molecule has 0 unspecified atom stereocenters.